The molecule has 0 bridgehead atoms. The molecule has 1 saturated carbocycles. The predicted molar refractivity (Wildman–Crippen MR) is 108 cm³/mol. The number of hydrogen-bond donors (Lipinski definition) is 2. The summed E-state index contributed by atoms with van der Waals surface area (Å²) in [6, 6.07) is 8.26. The standard InChI is InChI=1S/C20H25ClN4O3/c1-14-10-18(24-28-14)23-19(26)13-25(12-15-6-3-2-4-7-15)20(27)22-17-9-5-8-16(21)11-17/h5,8-11,15H,2-4,6-7,12-13H2,1H3,(H,22,27)(H,23,24,26). The fraction of sp³-hybridized carbons (Fsp3) is 0.450. The third-order valence-electron chi connectivity index (χ3n) is 4.80. The summed E-state index contributed by atoms with van der Waals surface area (Å²) in [5.41, 5.74) is 0.596. The first-order chi connectivity index (χ1) is 13.5. The fourth-order valence-electron chi connectivity index (χ4n) is 3.45. The summed E-state index contributed by atoms with van der Waals surface area (Å²) in [6.07, 6.45) is 5.71. The van der Waals surface area contributed by atoms with E-state index in [0.29, 0.717) is 34.8 Å². The molecule has 0 radical (unpaired) electrons. The number of carbonyl (C=O) groups is 2. The number of nitrogens with one attached hydrogen (secondary N) is 2. The van der Waals surface area contributed by atoms with Gasteiger partial charge in [0.25, 0.3) is 0 Å². The van der Waals surface area contributed by atoms with Gasteiger partial charge in [-0.1, -0.05) is 42.1 Å². The van der Waals surface area contributed by atoms with Crippen LogP contribution in [0.4, 0.5) is 16.3 Å². The number of benzene rings is 1. The lowest BCUT2D eigenvalue weighted by atomic mass is 9.89. The summed E-state index contributed by atoms with van der Waals surface area (Å²) >= 11 is 6.00. The van der Waals surface area contributed by atoms with Crippen LogP contribution in [0.3, 0.4) is 0 Å². The van der Waals surface area contributed by atoms with Crippen LogP contribution >= 0.6 is 11.6 Å². The first kappa shape index (κ1) is 20.2. The zero-order valence-electron chi connectivity index (χ0n) is 15.9. The van der Waals surface area contributed by atoms with Gasteiger partial charge in [0.05, 0.1) is 0 Å². The van der Waals surface area contributed by atoms with Crippen LogP contribution in [0.2, 0.25) is 5.02 Å². The largest absolute Gasteiger partial charge is 0.360 e. The zero-order chi connectivity index (χ0) is 19.9. The van der Waals surface area contributed by atoms with Gasteiger partial charge in [-0.25, -0.2) is 4.79 Å². The van der Waals surface area contributed by atoms with Crippen LogP contribution in [0.1, 0.15) is 37.9 Å². The van der Waals surface area contributed by atoms with E-state index in [1.54, 1.807) is 42.2 Å². The number of hydrogen-bond acceptors (Lipinski definition) is 4. The first-order valence-electron chi connectivity index (χ1n) is 9.54. The molecular weight excluding hydrogens is 380 g/mol. The van der Waals surface area contributed by atoms with Gasteiger partial charge in [-0.2, -0.15) is 0 Å². The van der Waals surface area contributed by atoms with Gasteiger partial charge in [-0.05, 0) is 43.9 Å². The van der Waals surface area contributed by atoms with Crippen molar-refractivity contribution in [1.29, 1.82) is 0 Å². The summed E-state index contributed by atoms with van der Waals surface area (Å²) in [5, 5.41) is 9.80. The highest BCUT2D eigenvalue weighted by molar-refractivity contribution is 6.30. The number of halogens is 1. The van der Waals surface area contributed by atoms with Crippen molar-refractivity contribution in [3.63, 3.8) is 0 Å². The molecule has 8 heteroatoms. The van der Waals surface area contributed by atoms with Crippen LogP contribution in [-0.4, -0.2) is 35.1 Å². The van der Waals surface area contributed by atoms with Gasteiger partial charge in [0.2, 0.25) is 5.91 Å². The average Bonchev–Trinajstić information content (AvgIpc) is 3.06. The van der Waals surface area contributed by atoms with E-state index in [1.165, 1.54) is 19.3 Å². The van der Waals surface area contributed by atoms with E-state index < -0.39 is 0 Å². The van der Waals surface area contributed by atoms with E-state index in [2.05, 4.69) is 15.8 Å². The Morgan fingerprint density at radius 2 is 2.00 bits per heavy atom. The molecule has 0 saturated heterocycles. The highest BCUT2D eigenvalue weighted by Gasteiger charge is 2.23. The van der Waals surface area contributed by atoms with E-state index in [-0.39, 0.29) is 18.5 Å². The molecule has 0 unspecified atom stereocenters. The molecule has 1 fully saturated rings. The summed E-state index contributed by atoms with van der Waals surface area (Å²) < 4.78 is 4.96. The molecule has 0 atom stereocenters. The van der Waals surface area contributed by atoms with Crippen LogP contribution in [0.15, 0.2) is 34.9 Å². The lowest BCUT2D eigenvalue weighted by Gasteiger charge is -2.29. The van der Waals surface area contributed by atoms with Gasteiger partial charge >= 0.3 is 6.03 Å². The van der Waals surface area contributed by atoms with Crippen molar-refractivity contribution in [3.8, 4) is 0 Å². The third-order valence-corrected chi connectivity index (χ3v) is 5.03. The van der Waals surface area contributed by atoms with Crippen molar-refractivity contribution in [1.82, 2.24) is 10.1 Å². The Bertz CT molecular complexity index is 817. The molecule has 1 aromatic heterocycles. The highest BCUT2D eigenvalue weighted by atomic mass is 35.5. The van der Waals surface area contributed by atoms with Crippen molar-refractivity contribution < 1.29 is 14.1 Å². The Morgan fingerprint density at radius 3 is 2.68 bits per heavy atom. The SMILES string of the molecule is Cc1cc(NC(=O)CN(CC2CCCCC2)C(=O)Nc2cccc(Cl)c2)no1. The van der Waals surface area contributed by atoms with E-state index >= 15 is 0 Å². The highest BCUT2D eigenvalue weighted by Crippen LogP contribution is 2.25. The molecule has 1 heterocycles. The molecule has 1 aromatic carbocycles. The number of amides is 3. The Hall–Kier alpha value is -2.54. The zero-order valence-corrected chi connectivity index (χ0v) is 16.7. The van der Waals surface area contributed by atoms with Gasteiger partial charge in [0.15, 0.2) is 5.82 Å². The second-order valence-corrected chi connectivity index (χ2v) is 7.63. The van der Waals surface area contributed by atoms with Gasteiger partial charge < -0.3 is 20.1 Å². The summed E-state index contributed by atoms with van der Waals surface area (Å²) in [4.78, 5) is 26.9. The molecule has 3 rings (SSSR count). The predicted octanol–water partition coefficient (Wildman–Crippen LogP) is 4.69. The summed E-state index contributed by atoms with van der Waals surface area (Å²) in [6.45, 7) is 2.23. The number of urea groups is 1. The monoisotopic (exact) mass is 404 g/mol. The third kappa shape index (κ3) is 5.99. The van der Waals surface area contributed by atoms with E-state index in [1.807, 2.05) is 0 Å². The number of nitrogens with zero attached hydrogens (tertiary/aromatic N) is 2. The van der Waals surface area contributed by atoms with Crippen LogP contribution in [-0.2, 0) is 4.79 Å². The molecular formula is C20H25ClN4O3. The summed E-state index contributed by atoms with van der Waals surface area (Å²) in [5.74, 6) is 1.04. The Kier molecular flexibility index (Phi) is 6.92. The van der Waals surface area contributed by atoms with Crippen molar-refractivity contribution in [2.75, 3.05) is 23.7 Å². The second-order valence-electron chi connectivity index (χ2n) is 7.20. The number of rotatable bonds is 6. The molecule has 1 aliphatic rings. The van der Waals surface area contributed by atoms with Crippen LogP contribution in [0, 0.1) is 12.8 Å². The van der Waals surface area contributed by atoms with Crippen molar-refractivity contribution in [3.05, 3.63) is 41.1 Å². The van der Waals surface area contributed by atoms with Crippen LogP contribution in [0.25, 0.3) is 0 Å². The number of aryl methyl sites for hydroxylation is 1. The fourth-order valence-corrected chi connectivity index (χ4v) is 3.64. The maximum atomic E-state index is 12.8. The second kappa shape index (κ2) is 9.59. The minimum Gasteiger partial charge on any atom is -0.360 e. The van der Waals surface area contributed by atoms with E-state index in [9.17, 15) is 9.59 Å². The molecule has 2 N–H and O–H groups in total. The lowest BCUT2D eigenvalue weighted by Crippen LogP contribution is -2.43. The summed E-state index contributed by atoms with van der Waals surface area (Å²) in [7, 11) is 0. The first-order valence-corrected chi connectivity index (χ1v) is 9.92. The lowest BCUT2D eigenvalue weighted by molar-refractivity contribution is -0.116. The normalized spacial score (nSPS) is 14.5. The molecule has 1 aliphatic carbocycles. The maximum Gasteiger partial charge on any atom is 0.322 e. The minimum atomic E-state index is -0.320. The Balaban J connectivity index is 1.66. The molecule has 28 heavy (non-hydrogen) atoms. The maximum absolute atomic E-state index is 12.8. The van der Waals surface area contributed by atoms with Crippen molar-refractivity contribution in [2.45, 2.75) is 39.0 Å². The van der Waals surface area contributed by atoms with E-state index in [0.717, 1.165) is 12.8 Å². The van der Waals surface area contributed by atoms with E-state index in [4.69, 9.17) is 16.1 Å². The van der Waals surface area contributed by atoms with Crippen molar-refractivity contribution >= 4 is 35.0 Å². The molecule has 0 aliphatic heterocycles. The van der Waals surface area contributed by atoms with Crippen LogP contribution in [0.5, 0.6) is 0 Å². The van der Waals surface area contributed by atoms with Gasteiger partial charge in [0.1, 0.15) is 12.3 Å². The van der Waals surface area contributed by atoms with Crippen molar-refractivity contribution in [2.24, 2.45) is 5.92 Å². The number of anilines is 2. The van der Waals surface area contributed by atoms with Gasteiger partial charge in [-0.3, -0.25) is 4.79 Å². The number of carbonyl (C=O) groups excluding carboxylic acids is 2. The Morgan fingerprint density at radius 1 is 1.21 bits per heavy atom. The quantitative estimate of drug-likeness (QED) is 0.731. The molecule has 3 amide bonds. The number of aromatic nitrogens is 1. The van der Waals surface area contributed by atoms with Crippen LogP contribution < -0.4 is 10.6 Å². The minimum absolute atomic E-state index is 0.0607. The van der Waals surface area contributed by atoms with Gasteiger partial charge in [-0.15, -0.1) is 0 Å². The molecule has 150 valence electrons. The molecule has 2 aromatic rings. The smallest absolute Gasteiger partial charge is 0.322 e. The molecule has 0 spiro atoms. The topological polar surface area (TPSA) is 87.5 Å². The average molecular weight is 405 g/mol. The van der Waals surface area contributed by atoms with Gasteiger partial charge in [0, 0.05) is 23.3 Å². The Labute approximate surface area is 169 Å². The molecule has 7 nitrogen and oxygen atoms in total.